The quantitative estimate of drug-likeness (QED) is 0.683. The lowest BCUT2D eigenvalue weighted by molar-refractivity contribution is -0.274. The normalized spacial score (nSPS) is 11.6. The number of rotatable bonds is 3. The van der Waals surface area contributed by atoms with Crippen LogP contribution in [0.15, 0.2) is 51.4 Å². The minimum absolute atomic E-state index is 0.182. The molecule has 0 amide bonds. The van der Waals surface area contributed by atoms with Crippen LogP contribution in [0.4, 0.5) is 24.9 Å². The molecule has 4 nitrogen and oxygen atoms in total. The fourth-order valence-electron chi connectivity index (χ4n) is 1.81. The molecule has 0 radical (unpaired) electrons. The van der Waals surface area contributed by atoms with Crippen molar-refractivity contribution in [1.29, 1.82) is 0 Å². The van der Waals surface area contributed by atoms with E-state index in [9.17, 15) is 13.2 Å². The molecule has 0 saturated carbocycles. The number of hydrogen-bond donors (Lipinski definition) is 1. The van der Waals surface area contributed by atoms with Crippen molar-refractivity contribution in [1.82, 2.24) is 4.98 Å². The van der Waals surface area contributed by atoms with Crippen molar-refractivity contribution >= 4 is 38.7 Å². The van der Waals surface area contributed by atoms with Crippen LogP contribution < -0.4 is 10.1 Å². The second-order valence-corrected chi connectivity index (χ2v) is 5.24. The number of anilines is 2. The van der Waals surface area contributed by atoms with E-state index in [1.165, 1.54) is 18.2 Å². The molecule has 0 bridgehead atoms. The molecule has 0 atom stereocenters. The van der Waals surface area contributed by atoms with Crippen LogP contribution in [0.5, 0.6) is 5.75 Å². The Kier molecular flexibility index (Phi) is 3.69. The molecule has 0 spiro atoms. The standard InChI is InChI=1S/C14H8BrF3N2O2/c15-8-1-3-9(4-2-8)19-13-20-11-7-10(22-14(16,17)18)5-6-12(11)21-13/h1-7H,(H,19,20). The molecule has 8 heteroatoms. The van der Waals surface area contributed by atoms with Crippen molar-refractivity contribution in [2.24, 2.45) is 0 Å². The van der Waals surface area contributed by atoms with Gasteiger partial charge in [-0.15, -0.1) is 13.2 Å². The van der Waals surface area contributed by atoms with Gasteiger partial charge in [-0.3, -0.25) is 0 Å². The Bertz CT molecular complexity index is 800. The number of hydrogen-bond acceptors (Lipinski definition) is 4. The van der Waals surface area contributed by atoms with E-state index in [0.29, 0.717) is 5.58 Å². The van der Waals surface area contributed by atoms with Gasteiger partial charge in [-0.1, -0.05) is 15.9 Å². The number of nitrogens with zero attached hydrogens (tertiary/aromatic N) is 1. The summed E-state index contributed by atoms with van der Waals surface area (Å²) in [4.78, 5) is 4.08. The zero-order valence-electron chi connectivity index (χ0n) is 10.8. The van der Waals surface area contributed by atoms with Gasteiger partial charge in [0, 0.05) is 16.2 Å². The fourth-order valence-corrected chi connectivity index (χ4v) is 2.08. The predicted molar refractivity (Wildman–Crippen MR) is 78.1 cm³/mol. The largest absolute Gasteiger partial charge is 0.573 e. The summed E-state index contributed by atoms with van der Waals surface area (Å²) >= 11 is 3.32. The van der Waals surface area contributed by atoms with E-state index in [1.54, 1.807) is 12.1 Å². The Morgan fingerprint density at radius 3 is 2.50 bits per heavy atom. The monoisotopic (exact) mass is 372 g/mol. The average Bonchev–Trinajstić information content (AvgIpc) is 2.81. The molecular formula is C14H8BrF3N2O2. The van der Waals surface area contributed by atoms with E-state index >= 15 is 0 Å². The summed E-state index contributed by atoms with van der Waals surface area (Å²) in [6.45, 7) is 0. The summed E-state index contributed by atoms with van der Waals surface area (Å²) in [6, 6.07) is 11.2. The van der Waals surface area contributed by atoms with Gasteiger partial charge in [0.2, 0.25) is 0 Å². The lowest BCUT2D eigenvalue weighted by Crippen LogP contribution is -2.16. The maximum absolute atomic E-state index is 12.2. The number of alkyl halides is 3. The zero-order chi connectivity index (χ0) is 15.7. The van der Waals surface area contributed by atoms with Gasteiger partial charge in [0.25, 0.3) is 6.01 Å². The number of oxazole rings is 1. The molecule has 22 heavy (non-hydrogen) atoms. The molecule has 1 N–H and O–H groups in total. The molecule has 3 rings (SSSR count). The molecule has 0 fully saturated rings. The number of fused-ring (bicyclic) bond motifs is 1. The van der Waals surface area contributed by atoms with Gasteiger partial charge >= 0.3 is 6.36 Å². The Morgan fingerprint density at radius 1 is 1.09 bits per heavy atom. The Balaban J connectivity index is 1.84. The van der Waals surface area contributed by atoms with Gasteiger partial charge in [0.1, 0.15) is 11.3 Å². The summed E-state index contributed by atoms with van der Waals surface area (Å²) in [5.74, 6) is -0.344. The van der Waals surface area contributed by atoms with Gasteiger partial charge in [0.05, 0.1) is 0 Å². The average molecular weight is 373 g/mol. The van der Waals surface area contributed by atoms with E-state index in [0.717, 1.165) is 10.2 Å². The number of benzene rings is 2. The van der Waals surface area contributed by atoms with E-state index in [1.807, 2.05) is 12.1 Å². The van der Waals surface area contributed by atoms with Crippen molar-refractivity contribution in [3.8, 4) is 5.75 Å². The minimum atomic E-state index is -4.74. The second kappa shape index (κ2) is 5.53. The molecule has 1 heterocycles. The number of nitrogens with one attached hydrogen (secondary N) is 1. The molecule has 1 aromatic heterocycles. The third-order valence-corrected chi connectivity index (χ3v) is 3.22. The highest BCUT2D eigenvalue weighted by molar-refractivity contribution is 9.10. The number of aromatic nitrogens is 1. The van der Waals surface area contributed by atoms with Crippen LogP contribution in [0.25, 0.3) is 11.1 Å². The Labute approximate surface area is 131 Å². The van der Waals surface area contributed by atoms with Gasteiger partial charge in [-0.25, -0.2) is 0 Å². The van der Waals surface area contributed by atoms with Crippen LogP contribution in [-0.4, -0.2) is 11.3 Å². The van der Waals surface area contributed by atoms with Crippen molar-refractivity contribution in [3.63, 3.8) is 0 Å². The van der Waals surface area contributed by atoms with Crippen LogP contribution in [0.3, 0.4) is 0 Å². The molecule has 2 aromatic carbocycles. The molecule has 3 aromatic rings. The fraction of sp³-hybridized carbons (Fsp3) is 0.0714. The highest BCUT2D eigenvalue weighted by Gasteiger charge is 2.31. The van der Waals surface area contributed by atoms with Crippen LogP contribution in [-0.2, 0) is 0 Å². The first kappa shape index (κ1) is 14.7. The molecule has 0 aliphatic carbocycles. The van der Waals surface area contributed by atoms with Crippen LogP contribution in [0.2, 0.25) is 0 Å². The number of ether oxygens (including phenoxy) is 1. The molecule has 0 aliphatic heterocycles. The van der Waals surface area contributed by atoms with E-state index in [4.69, 9.17) is 4.42 Å². The van der Waals surface area contributed by atoms with E-state index < -0.39 is 6.36 Å². The maximum atomic E-state index is 12.2. The molecular weight excluding hydrogens is 365 g/mol. The first-order chi connectivity index (χ1) is 10.4. The smallest absolute Gasteiger partial charge is 0.423 e. The first-order valence-electron chi connectivity index (χ1n) is 6.08. The molecule has 0 saturated heterocycles. The van der Waals surface area contributed by atoms with Gasteiger partial charge in [0.15, 0.2) is 5.58 Å². The Morgan fingerprint density at radius 2 is 1.82 bits per heavy atom. The maximum Gasteiger partial charge on any atom is 0.573 e. The lowest BCUT2D eigenvalue weighted by atomic mass is 10.3. The van der Waals surface area contributed by atoms with Gasteiger partial charge < -0.3 is 14.5 Å². The highest BCUT2D eigenvalue weighted by Crippen LogP contribution is 2.28. The summed E-state index contributed by atoms with van der Waals surface area (Å²) in [5.41, 5.74) is 1.36. The SMILES string of the molecule is FC(F)(F)Oc1ccc2oc(Nc3ccc(Br)cc3)nc2c1. The van der Waals surface area contributed by atoms with E-state index in [-0.39, 0.29) is 17.3 Å². The molecule has 0 unspecified atom stereocenters. The van der Waals surface area contributed by atoms with Crippen molar-refractivity contribution in [2.75, 3.05) is 5.32 Å². The van der Waals surface area contributed by atoms with Crippen molar-refractivity contribution < 1.29 is 22.3 Å². The highest BCUT2D eigenvalue weighted by atomic mass is 79.9. The van der Waals surface area contributed by atoms with Crippen LogP contribution in [0.1, 0.15) is 0 Å². The van der Waals surface area contributed by atoms with Crippen molar-refractivity contribution in [3.05, 3.63) is 46.9 Å². The topological polar surface area (TPSA) is 47.3 Å². The second-order valence-electron chi connectivity index (χ2n) is 4.33. The first-order valence-corrected chi connectivity index (χ1v) is 6.87. The molecule has 114 valence electrons. The van der Waals surface area contributed by atoms with Gasteiger partial charge in [-0.2, -0.15) is 4.98 Å². The lowest BCUT2D eigenvalue weighted by Gasteiger charge is -2.07. The minimum Gasteiger partial charge on any atom is -0.423 e. The predicted octanol–water partition coefficient (Wildman–Crippen LogP) is 5.23. The summed E-state index contributed by atoms with van der Waals surface area (Å²) in [6.07, 6.45) is -4.74. The summed E-state index contributed by atoms with van der Waals surface area (Å²) in [7, 11) is 0. The molecule has 0 aliphatic rings. The number of halogens is 4. The summed E-state index contributed by atoms with van der Waals surface area (Å²) < 4.78 is 46.7. The van der Waals surface area contributed by atoms with Crippen LogP contribution >= 0.6 is 15.9 Å². The van der Waals surface area contributed by atoms with Crippen molar-refractivity contribution in [2.45, 2.75) is 6.36 Å². The zero-order valence-corrected chi connectivity index (χ0v) is 12.4. The third kappa shape index (κ3) is 3.51. The van der Waals surface area contributed by atoms with Gasteiger partial charge in [-0.05, 0) is 36.4 Å². The third-order valence-electron chi connectivity index (χ3n) is 2.69. The van der Waals surface area contributed by atoms with Crippen LogP contribution in [0, 0.1) is 0 Å². The Hall–Kier alpha value is -2.22. The summed E-state index contributed by atoms with van der Waals surface area (Å²) in [5, 5.41) is 2.93. The van der Waals surface area contributed by atoms with E-state index in [2.05, 4.69) is 31.0 Å².